The summed E-state index contributed by atoms with van der Waals surface area (Å²) >= 11 is 0. The van der Waals surface area contributed by atoms with Gasteiger partial charge in [-0.15, -0.1) is 0 Å². The maximum Gasteiger partial charge on any atom is 0.351 e. The number of nitrogens with one attached hydrogen (secondary N) is 2. The predicted octanol–water partition coefficient (Wildman–Crippen LogP) is 1.44. The highest BCUT2D eigenvalue weighted by atomic mass is 16.4. The first-order chi connectivity index (χ1) is 7.66. The summed E-state index contributed by atoms with van der Waals surface area (Å²) in [7, 11) is 0. The number of carboxylic acid groups (broad SMARTS) is 1. The molecule has 0 amide bonds. The Labute approximate surface area is 91.0 Å². The normalized spacial score (nSPS) is 11.7. The van der Waals surface area contributed by atoms with Gasteiger partial charge in [0.05, 0.1) is 23.0 Å². The van der Waals surface area contributed by atoms with Gasteiger partial charge < -0.3 is 10.1 Å². The Balaban J connectivity index is 2.21. The van der Waals surface area contributed by atoms with E-state index in [1.165, 1.54) is 6.92 Å². The van der Waals surface area contributed by atoms with Crippen LogP contribution in [0.15, 0.2) is 29.6 Å². The van der Waals surface area contributed by atoms with E-state index in [1.807, 2.05) is 6.07 Å². The molecule has 0 radical (unpaired) electrons. The maximum atomic E-state index is 10.5. The fourth-order valence-electron chi connectivity index (χ4n) is 1.20. The van der Waals surface area contributed by atoms with Crippen molar-refractivity contribution in [2.24, 2.45) is 5.10 Å². The fraction of sp³-hybridized carbons (Fsp3) is 0.100. The number of hydrogen-bond donors (Lipinski definition) is 3. The van der Waals surface area contributed by atoms with Crippen molar-refractivity contribution < 1.29 is 9.90 Å². The minimum Gasteiger partial charge on any atom is -0.477 e. The summed E-state index contributed by atoms with van der Waals surface area (Å²) in [5.74, 6) is -1.05. The minimum absolute atomic E-state index is 0.00436. The van der Waals surface area contributed by atoms with Gasteiger partial charge in [0, 0.05) is 0 Å². The highest BCUT2D eigenvalue weighted by molar-refractivity contribution is 6.34. The van der Waals surface area contributed by atoms with E-state index in [-0.39, 0.29) is 5.71 Å². The van der Waals surface area contributed by atoms with Gasteiger partial charge in [0.1, 0.15) is 5.71 Å². The number of imidazole rings is 1. The van der Waals surface area contributed by atoms with E-state index in [1.54, 1.807) is 18.5 Å². The summed E-state index contributed by atoms with van der Waals surface area (Å²) < 4.78 is 0. The van der Waals surface area contributed by atoms with E-state index in [4.69, 9.17) is 5.11 Å². The standard InChI is InChI=1S/C10H10N4O2/c1-6(10(15)16)13-14-7-2-3-8-9(4-7)12-5-11-8/h2-5,14H,1H3,(H,11,12)(H,15,16)/b13-6+. The number of H-pyrrole nitrogens is 1. The molecule has 0 spiro atoms. The van der Waals surface area contributed by atoms with Crippen LogP contribution < -0.4 is 5.43 Å². The second kappa shape index (κ2) is 4.01. The van der Waals surface area contributed by atoms with Gasteiger partial charge in [0.2, 0.25) is 0 Å². The van der Waals surface area contributed by atoms with Crippen LogP contribution in [0.25, 0.3) is 11.0 Å². The number of anilines is 1. The third-order valence-corrected chi connectivity index (χ3v) is 2.08. The number of aromatic amines is 1. The number of carboxylic acids is 1. The van der Waals surface area contributed by atoms with Gasteiger partial charge in [-0.2, -0.15) is 5.10 Å². The number of carbonyl (C=O) groups is 1. The van der Waals surface area contributed by atoms with Gasteiger partial charge in [0.25, 0.3) is 0 Å². The molecule has 0 atom stereocenters. The molecule has 0 saturated carbocycles. The summed E-state index contributed by atoms with van der Waals surface area (Å²) in [5, 5.41) is 12.3. The van der Waals surface area contributed by atoms with E-state index in [0.717, 1.165) is 11.0 Å². The van der Waals surface area contributed by atoms with Gasteiger partial charge >= 0.3 is 5.97 Å². The van der Waals surface area contributed by atoms with E-state index in [2.05, 4.69) is 20.5 Å². The van der Waals surface area contributed by atoms with Crippen LogP contribution in [0.1, 0.15) is 6.92 Å². The molecule has 1 heterocycles. The number of hydrazone groups is 1. The van der Waals surface area contributed by atoms with Crippen LogP contribution in [-0.4, -0.2) is 26.8 Å². The third kappa shape index (κ3) is 2.00. The van der Waals surface area contributed by atoms with E-state index in [9.17, 15) is 4.79 Å². The monoisotopic (exact) mass is 218 g/mol. The van der Waals surface area contributed by atoms with Crippen molar-refractivity contribution in [3.05, 3.63) is 24.5 Å². The molecule has 0 aliphatic rings. The third-order valence-electron chi connectivity index (χ3n) is 2.08. The summed E-state index contributed by atoms with van der Waals surface area (Å²) in [6.07, 6.45) is 1.60. The molecule has 0 fully saturated rings. The Bertz CT molecular complexity index is 559. The molecular formula is C10H10N4O2. The Hall–Kier alpha value is -2.37. The SMILES string of the molecule is C/C(=N\Nc1ccc2nc[nH]c2c1)C(=O)O. The molecule has 0 aliphatic carbocycles. The van der Waals surface area contributed by atoms with Crippen molar-refractivity contribution in [1.82, 2.24) is 9.97 Å². The first-order valence-corrected chi connectivity index (χ1v) is 4.63. The molecule has 1 aromatic heterocycles. The maximum absolute atomic E-state index is 10.5. The van der Waals surface area contributed by atoms with Gasteiger partial charge in [-0.05, 0) is 25.1 Å². The van der Waals surface area contributed by atoms with Crippen molar-refractivity contribution in [3.8, 4) is 0 Å². The van der Waals surface area contributed by atoms with Crippen LogP contribution in [0.3, 0.4) is 0 Å². The highest BCUT2D eigenvalue weighted by Gasteiger charge is 2.01. The van der Waals surface area contributed by atoms with Crippen LogP contribution in [0.2, 0.25) is 0 Å². The zero-order valence-electron chi connectivity index (χ0n) is 8.56. The first kappa shape index (κ1) is 10.2. The van der Waals surface area contributed by atoms with E-state index >= 15 is 0 Å². The lowest BCUT2D eigenvalue weighted by molar-refractivity contribution is -0.129. The van der Waals surface area contributed by atoms with Crippen LogP contribution in [0.4, 0.5) is 5.69 Å². The highest BCUT2D eigenvalue weighted by Crippen LogP contribution is 2.15. The molecule has 0 aliphatic heterocycles. The fourth-order valence-corrected chi connectivity index (χ4v) is 1.20. The number of hydrogen-bond acceptors (Lipinski definition) is 4. The Morgan fingerprint density at radius 2 is 2.38 bits per heavy atom. The van der Waals surface area contributed by atoms with E-state index in [0.29, 0.717) is 5.69 Å². The van der Waals surface area contributed by atoms with Crippen molar-refractivity contribution in [3.63, 3.8) is 0 Å². The molecule has 16 heavy (non-hydrogen) atoms. The van der Waals surface area contributed by atoms with Crippen molar-refractivity contribution in [1.29, 1.82) is 0 Å². The number of nitrogens with zero attached hydrogens (tertiary/aromatic N) is 2. The summed E-state index contributed by atoms with van der Waals surface area (Å²) in [6, 6.07) is 5.41. The van der Waals surface area contributed by atoms with Crippen LogP contribution >= 0.6 is 0 Å². The Kier molecular flexibility index (Phi) is 2.55. The zero-order valence-corrected chi connectivity index (χ0v) is 8.56. The van der Waals surface area contributed by atoms with Gasteiger partial charge in [-0.1, -0.05) is 0 Å². The summed E-state index contributed by atoms with van der Waals surface area (Å²) in [5.41, 5.74) is 5.10. The molecule has 3 N–H and O–H groups in total. The lowest BCUT2D eigenvalue weighted by Gasteiger charge is -2.00. The quantitative estimate of drug-likeness (QED) is 0.537. The van der Waals surface area contributed by atoms with Crippen LogP contribution in [0, 0.1) is 0 Å². The molecule has 0 saturated heterocycles. The lowest BCUT2D eigenvalue weighted by Crippen LogP contribution is -2.10. The van der Waals surface area contributed by atoms with Crippen LogP contribution in [0.5, 0.6) is 0 Å². The average molecular weight is 218 g/mol. The Morgan fingerprint density at radius 1 is 1.56 bits per heavy atom. The summed E-state index contributed by atoms with van der Waals surface area (Å²) in [6.45, 7) is 1.42. The smallest absolute Gasteiger partial charge is 0.351 e. The average Bonchev–Trinajstić information content (AvgIpc) is 2.72. The molecule has 82 valence electrons. The number of aliphatic carboxylic acids is 1. The molecule has 1 aromatic carbocycles. The van der Waals surface area contributed by atoms with Crippen molar-refractivity contribution in [2.45, 2.75) is 6.92 Å². The van der Waals surface area contributed by atoms with E-state index < -0.39 is 5.97 Å². The molecule has 6 heteroatoms. The molecule has 0 bridgehead atoms. The predicted molar refractivity (Wildman–Crippen MR) is 60.5 cm³/mol. The topological polar surface area (TPSA) is 90.4 Å². The molecule has 6 nitrogen and oxygen atoms in total. The minimum atomic E-state index is -1.05. The van der Waals surface area contributed by atoms with Crippen LogP contribution in [-0.2, 0) is 4.79 Å². The number of rotatable bonds is 3. The lowest BCUT2D eigenvalue weighted by atomic mass is 10.3. The van der Waals surface area contributed by atoms with Gasteiger partial charge in [-0.25, -0.2) is 9.78 Å². The molecule has 2 rings (SSSR count). The first-order valence-electron chi connectivity index (χ1n) is 4.63. The largest absolute Gasteiger partial charge is 0.477 e. The second-order valence-corrected chi connectivity index (χ2v) is 3.25. The molecule has 0 unspecified atom stereocenters. The summed E-state index contributed by atoms with van der Waals surface area (Å²) in [4.78, 5) is 17.5. The number of fused-ring (bicyclic) bond motifs is 1. The molecular weight excluding hydrogens is 208 g/mol. The number of aromatic nitrogens is 2. The van der Waals surface area contributed by atoms with Gasteiger partial charge in [-0.3, -0.25) is 5.43 Å². The zero-order chi connectivity index (χ0) is 11.5. The van der Waals surface area contributed by atoms with Crippen molar-refractivity contribution in [2.75, 3.05) is 5.43 Å². The molecule has 2 aromatic rings. The Morgan fingerprint density at radius 3 is 3.12 bits per heavy atom. The number of benzene rings is 1. The van der Waals surface area contributed by atoms with Crippen molar-refractivity contribution >= 4 is 28.4 Å². The second-order valence-electron chi connectivity index (χ2n) is 3.25. The van der Waals surface area contributed by atoms with Gasteiger partial charge in [0.15, 0.2) is 0 Å².